The third kappa shape index (κ3) is 3.17. The number of nitrogens with one attached hydrogen (secondary N) is 1. The van der Waals surface area contributed by atoms with Gasteiger partial charge in [0, 0.05) is 22.9 Å². The van der Waals surface area contributed by atoms with Gasteiger partial charge in [0.2, 0.25) is 5.78 Å². The quantitative estimate of drug-likeness (QED) is 0.846. The van der Waals surface area contributed by atoms with Gasteiger partial charge >= 0.3 is 6.09 Å². The van der Waals surface area contributed by atoms with Gasteiger partial charge in [-0.25, -0.2) is 4.79 Å². The zero-order valence-electron chi connectivity index (χ0n) is 13.3. The number of hydrogen-bond acceptors (Lipinski definition) is 6. The summed E-state index contributed by atoms with van der Waals surface area (Å²) in [5.41, 5.74) is 1.13. The second-order valence-corrected chi connectivity index (χ2v) is 6.84. The fraction of sp³-hybridized carbons (Fsp3) is 0.353. The maximum absolute atomic E-state index is 12.3. The second kappa shape index (κ2) is 6.68. The van der Waals surface area contributed by atoms with Gasteiger partial charge in [0.05, 0.1) is 4.91 Å². The van der Waals surface area contributed by atoms with Crippen LogP contribution in [0.1, 0.15) is 29.8 Å². The number of fused-ring (bicyclic) bond motifs is 2. The molecule has 0 radical (unpaired) electrons. The number of amides is 1. The van der Waals surface area contributed by atoms with E-state index in [2.05, 4.69) is 5.32 Å². The number of benzene rings is 1. The summed E-state index contributed by atoms with van der Waals surface area (Å²) in [5.74, 6) is -0.617. The number of hydrogen-bond donors (Lipinski definition) is 1. The Balaban J connectivity index is 1.74. The van der Waals surface area contributed by atoms with Crippen molar-refractivity contribution in [3.8, 4) is 0 Å². The van der Waals surface area contributed by atoms with Gasteiger partial charge in [0.15, 0.2) is 5.76 Å². The van der Waals surface area contributed by atoms with E-state index in [0.717, 1.165) is 5.56 Å². The van der Waals surface area contributed by atoms with Crippen LogP contribution in [-0.4, -0.2) is 42.2 Å². The number of ether oxygens (including phenoxy) is 2. The number of carbonyl (C=O) groups excluding carboxylic acids is 3. The molecule has 6 nitrogen and oxygen atoms in total. The topological polar surface area (TPSA) is 81.7 Å². The second-order valence-electron chi connectivity index (χ2n) is 5.81. The smallest absolute Gasteiger partial charge is 0.407 e. The summed E-state index contributed by atoms with van der Waals surface area (Å²) in [7, 11) is 0. The number of allylic oxidation sites excluding steroid dienone is 1. The number of carbonyl (C=O) groups is 3. The molecule has 1 aliphatic heterocycles. The minimum atomic E-state index is -0.646. The van der Waals surface area contributed by atoms with Crippen LogP contribution in [0.15, 0.2) is 30.0 Å². The normalized spacial score (nSPS) is 19.5. The molecule has 7 heteroatoms. The first-order chi connectivity index (χ1) is 11.5. The van der Waals surface area contributed by atoms with E-state index < -0.39 is 23.8 Å². The van der Waals surface area contributed by atoms with Crippen LogP contribution in [0.3, 0.4) is 0 Å². The van der Waals surface area contributed by atoms with Crippen molar-refractivity contribution in [3.63, 3.8) is 0 Å². The highest BCUT2D eigenvalue weighted by atomic mass is 32.2. The highest BCUT2D eigenvalue weighted by molar-refractivity contribution is 8.08. The lowest BCUT2D eigenvalue weighted by Gasteiger charge is -2.30. The van der Waals surface area contributed by atoms with Gasteiger partial charge in [-0.3, -0.25) is 9.59 Å². The Labute approximate surface area is 143 Å². The summed E-state index contributed by atoms with van der Waals surface area (Å²) in [4.78, 5) is 36.7. The summed E-state index contributed by atoms with van der Waals surface area (Å²) in [5, 5.41) is 2.61. The summed E-state index contributed by atoms with van der Waals surface area (Å²) in [6, 6.07) is 6.97. The van der Waals surface area contributed by atoms with Crippen molar-refractivity contribution in [2.45, 2.75) is 26.0 Å². The molecular formula is C17H17NO5S. The molecule has 1 aromatic rings. The number of thioether (sulfide) groups is 1. The lowest BCUT2D eigenvalue weighted by atomic mass is 9.94. The summed E-state index contributed by atoms with van der Waals surface area (Å²) in [6.45, 7) is 3.68. The Morgan fingerprint density at radius 1 is 1.29 bits per heavy atom. The summed E-state index contributed by atoms with van der Waals surface area (Å²) in [6.07, 6.45) is -0.997. The molecule has 1 heterocycles. The van der Waals surface area contributed by atoms with Crippen LogP contribution >= 0.6 is 11.8 Å². The van der Waals surface area contributed by atoms with Crippen molar-refractivity contribution >= 4 is 34.3 Å². The summed E-state index contributed by atoms with van der Waals surface area (Å²) < 4.78 is 10.8. The molecule has 1 unspecified atom stereocenters. The lowest BCUT2D eigenvalue weighted by Crippen LogP contribution is -2.36. The molecule has 24 heavy (non-hydrogen) atoms. The first kappa shape index (κ1) is 16.6. The van der Waals surface area contributed by atoms with Gasteiger partial charge in [-0.1, -0.05) is 24.3 Å². The molecule has 1 amide bonds. The zero-order valence-corrected chi connectivity index (χ0v) is 14.1. The maximum atomic E-state index is 12.3. The summed E-state index contributed by atoms with van der Waals surface area (Å²) >= 11 is 1.44. The fourth-order valence-electron chi connectivity index (χ4n) is 2.49. The van der Waals surface area contributed by atoms with Crippen molar-refractivity contribution in [2.24, 2.45) is 0 Å². The number of alkyl carbamates (subject to hydrolysis) is 1. The predicted octanol–water partition coefficient (Wildman–Crippen LogP) is 2.39. The standard InChI is InChI=1S/C17H17NO5S/c1-9(2)18-17(21)22-7-10-8-24-16-12-6-4-3-5-11(12)13(19)14(20)15(16)23-10/h3-6,9-10H,7-8H2,1-2H3,(H,18,21). The van der Waals surface area contributed by atoms with E-state index in [1.807, 2.05) is 19.9 Å². The number of ketones is 2. The molecule has 3 rings (SSSR count). The van der Waals surface area contributed by atoms with Gasteiger partial charge in [0.1, 0.15) is 12.7 Å². The van der Waals surface area contributed by atoms with Gasteiger partial charge in [-0.15, -0.1) is 11.8 Å². The molecule has 0 bridgehead atoms. The monoisotopic (exact) mass is 347 g/mol. The molecule has 0 saturated heterocycles. The first-order valence-electron chi connectivity index (χ1n) is 7.63. The molecule has 1 atom stereocenters. The van der Waals surface area contributed by atoms with Crippen LogP contribution in [0, 0.1) is 0 Å². The predicted molar refractivity (Wildman–Crippen MR) is 89.7 cm³/mol. The highest BCUT2D eigenvalue weighted by Gasteiger charge is 2.38. The van der Waals surface area contributed by atoms with Crippen molar-refractivity contribution in [2.75, 3.05) is 12.4 Å². The molecule has 0 fully saturated rings. The van der Waals surface area contributed by atoms with Crippen LogP contribution in [0.2, 0.25) is 0 Å². The number of Topliss-reactive ketones (excluding diaryl/α,β-unsaturated/α-hetero) is 2. The highest BCUT2D eigenvalue weighted by Crippen LogP contribution is 2.41. The van der Waals surface area contributed by atoms with Crippen LogP contribution in [0.25, 0.3) is 4.91 Å². The molecule has 0 spiro atoms. The Bertz CT molecular complexity index is 740. The molecule has 126 valence electrons. The van der Waals surface area contributed by atoms with E-state index in [0.29, 0.717) is 16.2 Å². The molecule has 1 aliphatic carbocycles. The van der Waals surface area contributed by atoms with E-state index in [9.17, 15) is 14.4 Å². The largest absolute Gasteiger partial charge is 0.481 e. The SMILES string of the molecule is CC(C)NC(=O)OCC1CSC2=C(O1)C(=O)C(=O)c1ccccc12. The van der Waals surface area contributed by atoms with Crippen molar-refractivity contribution in [1.82, 2.24) is 5.32 Å². The molecule has 0 saturated carbocycles. The van der Waals surface area contributed by atoms with Crippen LogP contribution in [0.4, 0.5) is 4.79 Å². The molecule has 0 aromatic heterocycles. The van der Waals surface area contributed by atoms with Gasteiger partial charge < -0.3 is 14.8 Å². The van der Waals surface area contributed by atoms with E-state index in [1.54, 1.807) is 18.2 Å². The van der Waals surface area contributed by atoms with E-state index >= 15 is 0 Å². The molecule has 2 aliphatic rings. The molecular weight excluding hydrogens is 330 g/mol. The van der Waals surface area contributed by atoms with Gasteiger partial charge in [-0.2, -0.15) is 0 Å². The zero-order chi connectivity index (χ0) is 17.3. The average molecular weight is 347 g/mol. The van der Waals surface area contributed by atoms with Crippen molar-refractivity contribution in [1.29, 1.82) is 0 Å². The van der Waals surface area contributed by atoms with Crippen LogP contribution < -0.4 is 5.32 Å². The average Bonchev–Trinajstić information content (AvgIpc) is 2.57. The van der Waals surface area contributed by atoms with Gasteiger partial charge in [-0.05, 0) is 13.8 Å². The molecule has 1 aromatic carbocycles. The van der Waals surface area contributed by atoms with Crippen LogP contribution in [0.5, 0.6) is 0 Å². The minimum absolute atomic E-state index is 0.0193. The minimum Gasteiger partial charge on any atom is -0.481 e. The van der Waals surface area contributed by atoms with Gasteiger partial charge in [0.25, 0.3) is 5.78 Å². The van der Waals surface area contributed by atoms with Crippen molar-refractivity contribution in [3.05, 3.63) is 41.2 Å². The van der Waals surface area contributed by atoms with E-state index in [1.165, 1.54) is 11.8 Å². The fourth-order valence-corrected chi connectivity index (χ4v) is 3.61. The number of rotatable bonds is 3. The first-order valence-corrected chi connectivity index (χ1v) is 8.61. The Kier molecular flexibility index (Phi) is 4.62. The third-order valence-corrected chi connectivity index (χ3v) is 4.77. The lowest BCUT2D eigenvalue weighted by molar-refractivity contribution is -0.116. The maximum Gasteiger partial charge on any atom is 0.407 e. The van der Waals surface area contributed by atoms with Crippen molar-refractivity contribution < 1.29 is 23.9 Å². The Morgan fingerprint density at radius 3 is 2.71 bits per heavy atom. The van der Waals surface area contributed by atoms with E-state index in [4.69, 9.17) is 9.47 Å². The van der Waals surface area contributed by atoms with E-state index in [-0.39, 0.29) is 18.4 Å². The Hall–Kier alpha value is -2.28. The van der Waals surface area contributed by atoms with Crippen LogP contribution in [-0.2, 0) is 14.3 Å². The third-order valence-electron chi connectivity index (χ3n) is 3.54. The molecule has 1 N–H and O–H groups in total. The Morgan fingerprint density at radius 2 is 2.00 bits per heavy atom.